The minimum atomic E-state index is -0.620. The van der Waals surface area contributed by atoms with Crippen LogP contribution in [0.25, 0.3) is 11.1 Å². The molecule has 5 nitrogen and oxygen atoms in total. The van der Waals surface area contributed by atoms with Crippen molar-refractivity contribution in [3.05, 3.63) is 22.6 Å². The Morgan fingerprint density at radius 1 is 1.28 bits per heavy atom. The SMILES string of the molecule is COc1c(Br)cc(-c2cnoc2N)c(OC)c1F. The highest BCUT2D eigenvalue weighted by atomic mass is 79.9. The van der Waals surface area contributed by atoms with Crippen LogP contribution in [-0.2, 0) is 0 Å². The summed E-state index contributed by atoms with van der Waals surface area (Å²) >= 11 is 3.22. The second-order valence-electron chi connectivity index (χ2n) is 3.39. The van der Waals surface area contributed by atoms with Crippen LogP contribution >= 0.6 is 15.9 Å². The van der Waals surface area contributed by atoms with Crippen molar-refractivity contribution in [1.29, 1.82) is 0 Å². The quantitative estimate of drug-likeness (QED) is 0.942. The van der Waals surface area contributed by atoms with Gasteiger partial charge < -0.3 is 19.7 Å². The molecule has 0 aliphatic heterocycles. The number of nitrogen functional groups attached to an aromatic ring is 1. The smallest absolute Gasteiger partial charge is 0.230 e. The molecule has 0 saturated carbocycles. The first-order valence-corrected chi connectivity index (χ1v) is 5.70. The fourth-order valence-corrected chi connectivity index (χ4v) is 2.19. The van der Waals surface area contributed by atoms with Crippen molar-refractivity contribution < 1.29 is 18.4 Å². The van der Waals surface area contributed by atoms with Crippen molar-refractivity contribution in [2.75, 3.05) is 20.0 Å². The van der Waals surface area contributed by atoms with E-state index in [0.29, 0.717) is 15.6 Å². The van der Waals surface area contributed by atoms with Crippen molar-refractivity contribution in [2.24, 2.45) is 0 Å². The van der Waals surface area contributed by atoms with Gasteiger partial charge >= 0.3 is 0 Å². The van der Waals surface area contributed by atoms with Crippen LogP contribution in [0, 0.1) is 5.82 Å². The van der Waals surface area contributed by atoms with E-state index in [1.807, 2.05) is 0 Å². The molecule has 18 heavy (non-hydrogen) atoms. The number of nitrogens with zero attached hydrogens (tertiary/aromatic N) is 1. The number of hydrogen-bond acceptors (Lipinski definition) is 5. The molecular weight excluding hydrogens is 307 g/mol. The zero-order chi connectivity index (χ0) is 13.3. The van der Waals surface area contributed by atoms with Crippen molar-refractivity contribution in [2.45, 2.75) is 0 Å². The lowest BCUT2D eigenvalue weighted by atomic mass is 10.1. The predicted molar refractivity (Wildman–Crippen MR) is 67.1 cm³/mol. The molecule has 0 unspecified atom stereocenters. The molecule has 2 aromatic rings. The molecular formula is C11H10BrFN2O3. The standard InChI is InChI=1S/C11H10BrFN2O3/c1-16-9-5(6-4-15-18-11(6)14)3-7(12)10(17-2)8(9)13/h3-4H,14H2,1-2H3. The van der Waals surface area contributed by atoms with Gasteiger partial charge in [-0.2, -0.15) is 4.39 Å². The minimum Gasteiger partial charge on any atom is -0.493 e. The van der Waals surface area contributed by atoms with Gasteiger partial charge in [0.25, 0.3) is 0 Å². The molecule has 96 valence electrons. The summed E-state index contributed by atoms with van der Waals surface area (Å²) < 4.78 is 29.3. The largest absolute Gasteiger partial charge is 0.493 e. The first kappa shape index (κ1) is 12.7. The highest BCUT2D eigenvalue weighted by Crippen LogP contribution is 2.43. The average molecular weight is 317 g/mol. The van der Waals surface area contributed by atoms with E-state index < -0.39 is 5.82 Å². The number of rotatable bonds is 3. The van der Waals surface area contributed by atoms with Crippen molar-refractivity contribution in [3.63, 3.8) is 0 Å². The Balaban J connectivity index is 2.72. The summed E-state index contributed by atoms with van der Waals surface area (Å²) in [6, 6.07) is 1.63. The lowest BCUT2D eigenvalue weighted by Crippen LogP contribution is -1.98. The molecule has 1 heterocycles. The molecule has 0 spiro atoms. The third-order valence-electron chi connectivity index (χ3n) is 2.43. The molecule has 1 aromatic carbocycles. The lowest BCUT2D eigenvalue weighted by Gasteiger charge is -2.13. The maximum Gasteiger partial charge on any atom is 0.230 e. The van der Waals surface area contributed by atoms with Crippen LogP contribution in [0.3, 0.4) is 0 Å². The van der Waals surface area contributed by atoms with E-state index in [9.17, 15) is 4.39 Å². The summed E-state index contributed by atoms with van der Waals surface area (Å²) in [7, 11) is 2.73. The molecule has 0 bridgehead atoms. The number of aromatic nitrogens is 1. The van der Waals surface area contributed by atoms with E-state index >= 15 is 0 Å². The van der Waals surface area contributed by atoms with Gasteiger partial charge in [-0.3, -0.25) is 0 Å². The van der Waals surface area contributed by atoms with Crippen LogP contribution in [-0.4, -0.2) is 19.4 Å². The monoisotopic (exact) mass is 316 g/mol. The van der Waals surface area contributed by atoms with E-state index in [-0.39, 0.29) is 17.4 Å². The van der Waals surface area contributed by atoms with E-state index in [1.54, 1.807) is 6.07 Å². The van der Waals surface area contributed by atoms with Crippen molar-refractivity contribution >= 4 is 21.8 Å². The summed E-state index contributed by atoms with van der Waals surface area (Å²) in [5, 5.41) is 3.55. The molecule has 0 atom stereocenters. The molecule has 0 fully saturated rings. The van der Waals surface area contributed by atoms with Gasteiger partial charge in [-0.05, 0) is 22.0 Å². The third-order valence-corrected chi connectivity index (χ3v) is 3.02. The van der Waals surface area contributed by atoms with Gasteiger partial charge in [0, 0.05) is 5.56 Å². The Bertz CT molecular complexity index is 586. The van der Waals surface area contributed by atoms with Gasteiger partial charge in [0.2, 0.25) is 11.7 Å². The highest BCUT2D eigenvalue weighted by molar-refractivity contribution is 9.10. The van der Waals surface area contributed by atoms with E-state index in [0.717, 1.165) is 0 Å². The van der Waals surface area contributed by atoms with Crippen molar-refractivity contribution in [1.82, 2.24) is 5.16 Å². The van der Waals surface area contributed by atoms with Crippen LogP contribution < -0.4 is 15.2 Å². The fraction of sp³-hybridized carbons (Fsp3) is 0.182. The van der Waals surface area contributed by atoms with Crippen LogP contribution in [0.1, 0.15) is 0 Å². The third kappa shape index (κ3) is 1.90. The Labute approximate surface area is 111 Å². The molecule has 7 heteroatoms. The fourth-order valence-electron chi connectivity index (χ4n) is 1.62. The zero-order valence-electron chi connectivity index (χ0n) is 9.66. The maximum absolute atomic E-state index is 14.1. The number of halogens is 2. The number of hydrogen-bond donors (Lipinski definition) is 1. The number of methoxy groups -OCH3 is 2. The molecule has 0 aliphatic carbocycles. The topological polar surface area (TPSA) is 70.5 Å². The normalized spacial score (nSPS) is 10.4. The second-order valence-corrected chi connectivity index (χ2v) is 4.24. The molecule has 0 aliphatic rings. The van der Waals surface area contributed by atoms with E-state index in [1.165, 1.54) is 20.4 Å². The van der Waals surface area contributed by atoms with Gasteiger partial charge in [0.1, 0.15) is 0 Å². The van der Waals surface area contributed by atoms with Crippen molar-refractivity contribution in [3.8, 4) is 22.6 Å². The summed E-state index contributed by atoms with van der Waals surface area (Å²) in [4.78, 5) is 0. The zero-order valence-corrected chi connectivity index (χ0v) is 11.2. The van der Waals surface area contributed by atoms with Crippen LogP contribution in [0.15, 0.2) is 21.3 Å². The van der Waals surface area contributed by atoms with Gasteiger partial charge in [0.05, 0.1) is 30.5 Å². The predicted octanol–water partition coefficient (Wildman–Crippen LogP) is 2.84. The number of anilines is 1. The van der Waals surface area contributed by atoms with Gasteiger partial charge in [-0.25, -0.2) is 0 Å². The first-order valence-electron chi connectivity index (χ1n) is 4.90. The van der Waals surface area contributed by atoms with Gasteiger partial charge in [-0.15, -0.1) is 0 Å². The average Bonchev–Trinajstić information content (AvgIpc) is 2.75. The molecule has 1 aromatic heterocycles. The lowest BCUT2D eigenvalue weighted by molar-refractivity contribution is 0.350. The number of benzene rings is 1. The van der Waals surface area contributed by atoms with Gasteiger partial charge in [-0.1, -0.05) is 5.16 Å². The Kier molecular flexibility index (Phi) is 3.42. The molecule has 0 radical (unpaired) electrons. The molecule has 2 rings (SSSR count). The maximum atomic E-state index is 14.1. The van der Waals surface area contributed by atoms with Crippen LogP contribution in [0.2, 0.25) is 0 Å². The van der Waals surface area contributed by atoms with E-state index in [4.69, 9.17) is 19.7 Å². The molecule has 0 amide bonds. The first-order chi connectivity index (χ1) is 8.60. The highest BCUT2D eigenvalue weighted by Gasteiger charge is 2.22. The van der Waals surface area contributed by atoms with E-state index in [2.05, 4.69) is 21.1 Å². The minimum absolute atomic E-state index is 0.0185. The summed E-state index contributed by atoms with van der Waals surface area (Å²) in [6.07, 6.45) is 1.39. The number of nitrogens with two attached hydrogens (primary N) is 1. The number of ether oxygens (including phenoxy) is 2. The Morgan fingerprint density at radius 2 is 1.94 bits per heavy atom. The second kappa shape index (κ2) is 4.85. The molecule has 0 saturated heterocycles. The summed E-state index contributed by atoms with van der Waals surface area (Å²) in [5.74, 6) is -0.453. The van der Waals surface area contributed by atoms with Gasteiger partial charge in [0.15, 0.2) is 11.5 Å². The summed E-state index contributed by atoms with van der Waals surface area (Å²) in [5.41, 5.74) is 6.50. The molecule has 2 N–H and O–H groups in total. The van der Waals surface area contributed by atoms with Crippen LogP contribution in [0.5, 0.6) is 11.5 Å². The Morgan fingerprint density at radius 3 is 2.44 bits per heavy atom. The Hall–Kier alpha value is -1.76. The van der Waals surface area contributed by atoms with Crippen LogP contribution in [0.4, 0.5) is 10.3 Å². The summed E-state index contributed by atoms with van der Waals surface area (Å²) in [6.45, 7) is 0.